The zero-order valence-corrected chi connectivity index (χ0v) is 11.3. The van der Waals surface area contributed by atoms with E-state index in [0.29, 0.717) is 12.8 Å². The molecule has 0 saturated heterocycles. The predicted octanol–water partition coefficient (Wildman–Crippen LogP) is 3.10. The van der Waals surface area contributed by atoms with Crippen molar-refractivity contribution < 1.29 is 18.3 Å². The molecule has 0 spiro atoms. The van der Waals surface area contributed by atoms with Gasteiger partial charge >= 0.3 is 0 Å². The summed E-state index contributed by atoms with van der Waals surface area (Å²) in [5, 5.41) is 0. The summed E-state index contributed by atoms with van der Waals surface area (Å²) >= 11 is 0. The highest BCUT2D eigenvalue weighted by Gasteiger charge is 2.35. The van der Waals surface area contributed by atoms with Crippen molar-refractivity contribution in [3.05, 3.63) is 23.3 Å². The van der Waals surface area contributed by atoms with E-state index in [1.165, 1.54) is 20.3 Å². The third-order valence-corrected chi connectivity index (χ3v) is 3.83. The van der Waals surface area contributed by atoms with Crippen LogP contribution in [0.25, 0.3) is 0 Å². The predicted molar refractivity (Wildman–Crippen MR) is 68.4 cm³/mol. The van der Waals surface area contributed by atoms with Gasteiger partial charge in [0.15, 0.2) is 17.3 Å². The molecule has 0 unspecified atom stereocenters. The Hall–Kier alpha value is -1.36. The van der Waals surface area contributed by atoms with Crippen LogP contribution in [0, 0.1) is 11.6 Å². The Bertz CT molecular complexity index is 471. The molecule has 0 aliphatic heterocycles. The fraction of sp³-hybridized carbons (Fsp3) is 0.571. The van der Waals surface area contributed by atoms with E-state index in [0.717, 1.165) is 19.3 Å². The molecule has 1 fully saturated rings. The minimum Gasteiger partial charge on any atom is -0.494 e. The molecule has 0 radical (unpaired) electrons. The van der Waals surface area contributed by atoms with E-state index >= 15 is 0 Å². The summed E-state index contributed by atoms with van der Waals surface area (Å²) in [5.41, 5.74) is 5.82. The molecule has 2 rings (SSSR count). The van der Waals surface area contributed by atoms with Crippen molar-refractivity contribution in [3.63, 3.8) is 0 Å². The molecule has 0 atom stereocenters. The standard InChI is InChI=1S/C14H19F2NO2/c1-18-10-8-9(11(15)13(19-2)12(10)16)14(17)6-4-3-5-7-14/h8H,3-7,17H2,1-2H3. The van der Waals surface area contributed by atoms with Gasteiger partial charge in [-0.05, 0) is 18.9 Å². The van der Waals surface area contributed by atoms with Crippen LogP contribution in [0.2, 0.25) is 0 Å². The highest BCUT2D eigenvalue weighted by Crippen LogP contribution is 2.41. The summed E-state index contributed by atoms with van der Waals surface area (Å²) in [7, 11) is 2.57. The van der Waals surface area contributed by atoms with E-state index in [-0.39, 0.29) is 11.3 Å². The van der Waals surface area contributed by atoms with E-state index in [2.05, 4.69) is 0 Å². The Labute approximate surface area is 111 Å². The molecule has 1 aromatic carbocycles. The first-order valence-corrected chi connectivity index (χ1v) is 6.43. The van der Waals surface area contributed by atoms with E-state index in [1.54, 1.807) is 0 Å². The lowest BCUT2D eigenvalue weighted by Gasteiger charge is -2.34. The molecule has 3 nitrogen and oxygen atoms in total. The quantitative estimate of drug-likeness (QED) is 0.918. The maximum absolute atomic E-state index is 14.4. The van der Waals surface area contributed by atoms with Gasteiger partial charge in [-0.25, -0.2) is 4.39 Å². The largest absolute Gasteiger partial charge is 0.494 e. The van der Waals surface area contributed by atoms with Crippen LogP contribution in [0.4, 0.5) is 8.78 Å². The van der Waals surface area contributed by atoms with Crippen molar-refractivity contribution in [3.8, 4) is 11.5 Å². The number of halogens is 2. The van der Waals surface area contributed by atoms with Crippen LogP contribution in [0.15, 0.2) is 6.07 Å². The van der Waals surface area contributed by atoms with Crippen LogP contribution in [-0.2, 0) is 5.54 Å². The molecule has 1 aromatic rings. The minimum absolute atomic E-state index is 0.0383. The van der Waals surface area contributed by atoms with Crippen LogP contribution in [0.5, 0.6) is 11.5 Å². The van der Waals surface area contributed by atoms with E-state index in [9.17, 15) is 8.78 Å². The molecular weight excluding hydrogens is 252 g/mol. The zero-order valence-electron chi connectivity index (χ0n) is 11.3. The molecule has 5 heteroatoms. The van der Waals surface area contributed by atoms with Crippen molar-refractivity contribution >= 4 is 0 Å². The summed E-state index contributed by atoms with van der Waals surface area (Å²) in [6, 6.07) is 1.36. The summed E-state index contributed by atoms with van der Waals surface area (Å²) < 4.78 is 38.0. The summed E-state index contributed by atoms with van der Waals surface area (Å²) in [4.78, 5) is 0. The average molecular weight is 271 g/mol. The Morgan fingerprint density at radius 1 is 1.05 bits per heavy atom. The number of benzene rings is 1. The number of rotatable bonds is 3. The molecule has 19 heavy (non-hydrogen) atoms. The SMILES string of the molecule is COc1cc(C2(N)CCCCC2)c(F)c(OC)c1F. The van der Waals surface area contributed by atoms with E-state index in [4.69, 9.17) is 15.2 Å². The normalized spacial score (nSPS) is 18.2. The van der Waals surface area contributed by atoms with Gasteiger partial charge in [0.1, 0.15) is 0 Å². The first kappa shape index (κ1) is 14.1. The molecular formula is C14H19F2NO2. The number of ether oxygens (including phenoxy) is 2. The fourth-order valence-corrected chi connectivity index (χ4v) is 2.73. The van der Waals surface area contributed by atoms with E-state index < -0.39 is 22.9 Å². The molecule has 1 aliphatic carbocycles. The Kier molecular flexibility index (Phi) is 3.94. The lowest BCUT2D eigenvalue weighted by atomic mass is 9.77. The van der Waals surface area contributed by atoms with Gasteiger partial charge in [0.25, 0.3) is 0 Å². The molecule has 0 heterocycles. The third-order valence-electron chi connectivity index (χ3n) is 3.83. The molecule has 1 aliphatic rings. The molecule has 106 valence electrons. The molecule has 1 saturated carbocycles. The van der Waals surface area contributed by atoms with Gasteiger partial charge < -0.3 is 15.2 Å². The number of hydrogen-bond acceptors (Lipinski definition) is 3. The first-order valence-electron chi connectivity index (χ1n) is 6.43. The Balaban J connectivity index is 2.56. The van der Waals surface area contributed by atoms with Crippen LogP contribution in [0.1, 0.15) is 37.7 Å². The highest BCUT2D eigenvalue weighted by atomic mass is 19.1. The monoisotopic (exact) mass is 271 g/mol. The first-order chi connectivity index (χ1) is 9.03. The zero-order chi connectivity index (χ0) is 14.0. The summed E-state index contributed by atoms with van der Waals surface area (Å²) in [6.07, 6.45) is 4.34. The topological polar surface area (TPSA) is 44.5 Å². The fourth-order valence-electron chi connectivity index (χ4n) is 2.73. The van der Waals surface area contributed by atoms with Gasteiger partial charge in [-0.15, -0.1) is 0 Å². The summed E-state index contributed by atoms with van der Waals surface area (Å²) in [5.74, 6) is -2.01. The van der Waals surface area contributed by atoms with E-state index in [1.807, 2.05) is 0 Å². The number of nitrogens with two attached hydrogens (primary N) is 1. The van der Waals surface area contributed by atoms with Gasteiger partial charge in [-0.1, -0.05) is 19.3 Å². The molecule has 0 amide bonds. The maximum atomic E-state index is 14.4. The maximum Gasteiger partial charge on any atom is 0.209 e. The second-order valence-electron chi connectivity index (χ2n) is 5.00. The highest BCUT2D eigenvalue weighted by molar-refractivity contribution is 5.45. The van der Waals surface area contributed by atoms with Crippen molar-refractivity contribution in [2.75, 3.05) is 14.2 Å². The van der Waals surface area contributed by atoms with Gasteiger partial charge in [0, 0.05) is 11.1 Å². The molecule has 0 bridgehead atoms. The van der Waals surface area contributed by atoms with Gasteiger partial charge in [-0.2, -0.15) is 4.39 Å². The average Bonchev–Trinajstić information content (AvgIpc) is 2.40. The van der Waals surface area contributed by atoms with Crippen molar-refractivity contribution in [2.45, 2.75) is 37.6 Å². The van der Waals surface area contributed by atoms with Crippen LogP contribution in [-0.4, -0.2) is 14.2 Å². The second-order valence-corrected chi connectivity index (χ2v) is 5.00. The van der Waals surface area contributed by atoms with Crippen LogP contribution >= 0.6 is 0 Å². The van der Waals surface area contributed by atoms with Crippen molar-refractivity contribution in [2.24, 2.45) is 5.73 Å². The summed E-state index contributed by atoms with van der Waals surface area (Å²) in [6.45, 7) is 0. The smallest absolute Gasteiger partial charge is 0.209 e. The second kappa shape index (κ2) is 5.33. The minimum atomic E-state index is -0.828. The lowest BCUT2D eigenvalue weighted by molar-refractivity contribution is 0.278. The van der Waals surface area contributed by atoms with Crippen molar-refractivity contribution in [1.82, 2.24) is 0 Å². The number of hydrogen-bond donors (Lipinski definition) is 1. The Morgan fingerprint density at radius 3 is 2.21 bits per heavy atom. The lowest BCUT2D eigenvalue weighted by Crippen LogP contribution is -2.39. The molecule has 2 N–H and O–H groups in total. The van der Waals surface area contributed by atoms with Crippen LogP contribution in [0.3, 0.4) is 0 Å². The third kappa shape index (κ3) is 2.39. The van der Waals surface area contributed by atoms with Crippen LogP contribution < -0.4 is 15.2 Å². The van der Waals surface area contributed by atoms with Gasteiger partial charge in [0.05, 0.1) is 14.2 Å². The Morgan fingerprint density at radius 2 is 1.68 bits per heavy atom. The van der Waals surface area contributed by atoms with Gasteiger partial charge in [0.2, 0.25) is 5.82 Å². The number of methoxy groups -OCH3 is 2. The van der Waals surface area contributed by atoms with Gasteiger partial charge in [-0.3, -0.25) is 0 Å². The van der Waals surface area contributed by atoms with Crippen molar-refractivity contribution in [1.29, 1.82) is 0 Å². The molecule has 0 aromatic heterocycles.